The molecule has 1 saturated heterocycles. The average molecular weight is 374 g/mol. The average Bonchev–Trinajstić information content (AvgIpc) is 2.92. The van der Waals surface area contributed by atoms with E-state index in [9.17, 15) is 4.79 Å². The Morgan fingerprint density at radius 3 is 2.52 bits per heavy atom. The van der Waals surface area contributed by atoms with E-state index >= 15 is 0 Å². The number of nitrogens with one attached hydrogen (secondary N) is 1. The van der Waals surface area contributed by atoms with Crippen LogP contribution in [0, 0.1) is 5.92 Å². The number of carbonyl (C=O) groups excluding carboxylic acids is 1. The van der Waals surface area contributed by atoms with Crippen LogP contribution in [-0.4, -0.2) is 68.1 Å². The van der Waals surface area contributed by atoms with Crippen molar-refractivity contribution in [2.75, 3.05) is 52.4 Å². The maximum Gasteiger partial charge on any atom is 0.234 e. The first-order valence-electron chi connectivity index (χ1n) is 10.7. The molecule has 1 amide bonds. The molecule has 0 bridgehead atoms. The predicted octanol–water partition coefficient (Wildman–Crippen LogP) is 2.77. The molecule has 1 aliphatic heterocycles. The van der Waals surface area contributed by atoms with Gasteiger partial charge in [-0.2, -0.15) is 0 Å². The number of rotatable bonds is 8. The second-order valence-electron chi connectivity index (χ2n) is 7.95. The zero-order valence-electron chi connectivity index (χ0n) is 16.6. The van der Waals surface area contributed by atoms with Gasteiger partial charge in [0.1, 0.15) is 12.4 Å². The third-order valence-electron chi connectivity index (χ3n) is 5.73. The second kappa shape index (κ2) is 11.3. The standard InChI is InChI=1S/C22H35N3O2/c26-22(23-12-17-27-21-10-5-2-6-11-21)19-25-14-7-13-24(15-16-25)18-20-8-3-1-4-9-20/h2,5-6,10-11,20H,1,3-4,7-9,12-19H2,(H,23,26). The summed E-state index contributed by atoms with van der Waals surface area (Å²) >= 11 is 0. The van der Waals surface area contributed by atoms with Gasteiger partial charge in [-0.1, -0.05) is 37.5 Å². The Kier molecular flexibility index (Phi) is 8.43. The summed E-state index contributed by atoms with van der Waals surface area (Å²) in [5.41, 5.74) is 0. The Hall–Kier alpha value is -1.59. The largest absolute Gasteiger partial charge is 0.492 e. The Morgan fingerprint density at radius 2 is 1.70 bits per heavy atom. The fourth-order valence-electron chi connectivity index (χ4n) is 4.23. The molecule has 0 aromatic heterocycles. The first-order chi connectivity index (χ1) is 13.3. The van der Waals surface area contributed by atoms with Crippen LogP contribution in [-0.2, 0) is 4.79 Å². The van der Waals surface area contributed by atoms with Crippen molar-refractivity contribution in [2.45, 2.75) is 38.5 Å². The SMILES string of the molecule is O=C(CN1CCCN(CC2CCCCC2)CC1)NCCOc1ccccc1. The Morgan fingerprint density at radius 1 is 0.963 bits per heavy atom. The minimum absolute atomic E-state index is 0.104. The number of carbonyl (C=O) groups is 1. The Labute approximate surface area is 164 Å². The molecule has 1 aromatic carbocycles. The van der Waals surface area contributed by atoms with Crippen LogP contribution < -0.4 is 10.1 Å². The zero-order chi connectivity index (χ0) is 18.7. The van der Waals surface area contributed by atoms with Crippen molar-refractivity contribution in [1.82, 2.24) is 15.1 Å². The fourth-order valence-corrected chi connectivity index (χ4v) is 4.23. The van der Waals surface area contributed by atoms with Crippen molar-refractivity contribution in [3.05, 3.63) is 30.3 Å². The maximum atomic E-state index is 12.2. The number of ether oxygens (including phenoxy) is 1. The summed E-state index contributed by atoms with van der Waals surface area (Å²) in [6.45, 7) is 7.12. The van der Waals surface area contributed by atoms with E-state index < -0.39 is 0 Å². The number of amides is 1. The molecule has 0 radical (unpaired) electrons. The third kappa shape index (κ3) is 7.51. The summed E-state index contributed by atoms with van der Waals surface area (Å²) in [6.07, 6.45) is 8.24. The minimum atomic E-state index is 0.104. The summed E-state index contributed by atoms with van der Waals surface area (Å²) in [7, 11) is 0. The van der Waals surface area contributed by atoms with E-state index in [1.54, 1.807) is 0 Å². The van der Waals surface area contributed by atoms with Crippen molar-refractivity contribution in [3.63, 3.8) is 0 Å². The lowest BCUT2D eigenvalue weighted by Crippen LogP contribution is -2.40. The van der Waals surface area contributed by atoms with E-state index in [1.807, 2.05) is 30.3 Å². The van der Waals surface area contributed by atoms with Crippen LogP contribution in [0.15, 0.2) is 30.3 Å². The van der Waals surface area contributed by atoms with Crippen LogP contribution in [0.5, 0.6) is 5.75 Å². The van der Waals surface area contributed by atoms with Crippen LogP contribution in [0.25, 0.3) is 0 Å². The predicted molar refractivity (Wildman–Crippen MR) is 109 cm³/mol. The van der Waals surface area contributed by atoms with E-state index in [0.717, 1.165) is 37.7 Å². The molecule has 1 saturated carbocycles. The molecule has 150 valence electrons. The third-order valence-corrected chi connectivity index (χ3v) is 5.73. The summed E-state index contributed by atoms with van der Waals surface area (Å²) in [4.78, 5) is 17.1. The first-order valence-corrected chi connectivity index (χ1v) is 10.7. The first kappa shape index (κ1) is 20.2. The number of hydrogen-bond acceptors (Lipinski definition) is 4. The molecule has 27 heavy (non-hydrogen) atoms. The molecule has 3 rings (SSSR count). The lowest BCUT2D eigenvalue weighted by atomic mass is 9.89. The van der Waals surface area contributed by atoms with Crippen molar-refractivity contribution in [1.29, 1.82) is 0 Å². The van der Waals surface area contributed by atoms with E-state index in [2.05, 4.69) is 15.1 Å². The molecule has 2 fully saturated rings. The second-order valence-corrected chi connectivity index (χ2v) is 7.95. The number of nitrogens with zero attached hydrogens (tertiary/aromatic N) is 2. The van der Waals surface area contributed by atoms with Gasteiger partial charge in [0.05, 0.1) is 13.1 Å². The van der Waals surface area contributed by atoms with Crippen molar-refractivity contribution in [3.8, 4) is 5.75 Å². The van der Waals surface area contributed by atoms with Crippen molar-refractivity contribution >= 4 is 5.91 Å². The van der Waals surface area contributed by atoms with Gasteiger partial charge >= 0.3 is 0 Å². The molecule has 1 aliphatic carbocycles. The van der Waals surface area contributed by atoms with Gasteiger partial charge in [0, 0.05) is 19.6 Å². The Bertz CT molecular complexity index is 546. The molecule has 5 heteroatoms. The van der Waals surface area contributed by atoms with E-state index in [-0.39, 0.29) is 5.91 Å². The van der Waals surface area contributed by atoms with Gasteiger partial charge < -0.3 is 15.0 Å². The molecule has 1 N–H and O–H groups in total. The molecule has 0 atom stereocenters. The highest BCUT2D eigenvalue weighted by Gasteiger charge is 2.21. The van der Waals surface area contributed by atoms with Gasteiger partial charge in [0.25, 0.3) is 0 Å². The van der Waals surface area contributed by atoms with Crippen LogP contribution in [0.2, 0.25) is 0 Å². The molecule has 2 aliphatic rings. The summed E-state index contributed by atoms with van der Waals surface area (Å²) in [5.74, 6) is 1.85. The highest BCUT2D eigenvalue weighted by molar-refractivity contribution is 5.77. The molecule has 1 aromatic rings. The molecule has 1 heterocycles. The van der Waals surface area contributed by atoms with Gasteiger partial charge in [-0.3, -0.25) is 9.69 Å². The fraction of sp³-hybridized carbons (Fsp3) is 0.682. The number of hydrogen-bond donors (Lipinski definition) is 1. The number of benzene rings is 1. The Balaban J connectivity index is 1.29. The van der Waals surface area contributed by atoms with Crippen LogP contribution in [0.3, 0.4) is 0 Å². The highest BCUT2D eigenvalue weighted by Crippen LogP contribution is 2.24. The monoisotopic (exact) mass is 373 g/mol. The normalized spacial score (nSPS) is 20.1. The topological polar surface area (TPSA) is 44.8 Å². The molecular formula is C22H35N3O2. The maximum absolute atomic E-state index is 12.2. The number of para-hydroxylation sites is 1. The van der Waals surface area contributed by atoms with E-state index in [4.69, 9.17) is 4.74 Å². The molecule has 0 spiro atoms. The minimum Gasteiger partial charge on any atom is -0.492 e. The lowest BCUT2D eigenvalue weighted by molar-refractivity contribution is -0.122. The van der Waals surface area contributed by atoms with Gasteiger partial charge in [0.15, 0.2) is 0 Å². The quantitative estimate of drug-likeness (QED) is 0.712. The summed E-state index contributed by atoms with van der Waals surface area (Å²) in [6, 6.07) is 9.72. The summed E-state index contributed by atoms with van der Waals surface area (Å²) < 4.78 is 5.62. The smallest absolute Gasteiger partial charge is 0.234 e. The van der Waals surface area contributed by atoms with Crippen LogP contribution in [0.1, 0.15) is 38.5 Å². The van der Waals surface area contributed by atoms with E-state index in [1.165, 1.54) is 45.2 Å². The summed E-state index contributed by atoms with van der Waals surface area (Å²) in [5, 5.41) is 2.98. The van der Waals surface area contributed by atoms with Gasteiger partial charge in [-0.25, -0.2) is 0 Å². The highest BCUT2D eigenvalue weighted by atomic mass is 16.5. The van der Waals surface area contributed by atoms with Crippen molar-refractivity contribution < 1.29 is 9.53 Å². The van der Waals surface area contributed by atoms with Gasteiger partial charge in [-0.15, -0.1) is 0 Å². The van der Waals surface area contributed by atoms with Gasteiger partial charge in [0.2, 0.25) is 5.91 Å². The molecular weight excluding hydrogens is 338 g/mol. The van der Waals surface area contributed by atoms with Crippen LogP contribution >= 0.6 is 0 Å². The van der Waals surface area contributed by atoms with Gasteiger partial charge in [-0.05, 0) is 50.4 Å². The molecule has 0 unspecified atom stereocenters. The molecule has 5 nitrogen and oxygen atoms in total. The zero-order valence-corrected chi connectivity index (χ0v) is 16.6. The van der Waals surface area contributed by atoms with E-state index in [0.29, 0.717) is 19.7 Å². The van der Waals surface area contributed by atoms with Crippen LogP contribution in [0.4, 0.5) is 0 Å². The lowest BCUT2D eigenvalue weighted by Gasteiger charge is -2.28. The van der Waals surface area contributed by atoms with Crippen molar-refractivity contribution in [2.24, 2.45) is 5.92 Å².